The van der Waals surface area contributed by atoms with Gasteiger partial charge in [0.15, 0.2) is 0 Å². The highest BCUT2D eigenvalue weighted by Crippen LogP contribution is 2.44. The molecule has 0 radical (unpaired) electrons. The number of alkyl halides is 2. The molecule has 5 heteroatoms. The van der Waals surface area contributed by atoms with Gasteiger partial charge in [-0.1, -0.05) is 19.1 Å². The number of ether oxygens (including phenoxy) is 1. The summed E-state index contributed by atoms with van der Waals surface area (Å²) >= 11 is 11.6. The number of carbonyl (C=O) groups is 1. The number of fused-ring (bicyclic) bond motifs is 2. The summed E-state index contributed by atoms with van der Waals surface area (Å²) in [5.74, 6) is 1.06. The topological polar surface area (TPSA) is 26.3 Å². The van der Waals surface area contributed by atoms with Crippen LogP contribution in [0.4, 0.5) is 0 Å². The first-order valence-electron chi connectivity index (χ1n) is 6.27. The van der Waals surface area contributed by atoms with Gasteiger partial charge in [0.05, 0.1) is 16.1 Å². The number of esters is 1. The standard InChI is InChI=1S/C12H18Cl2O2Si/c1-2-10(17-12(13)14)16-11(15)9-6-7-3-4-8(9)5-7/h3-4,7-10,12H,2,5-6,17H2,1H3. The Morgan fingerprint density at radius 1 is 1.47 bits per heavy atom. The van der Waals surface area contributed by atoms with E-state index < -0.39 is 9.52 Å². The molecule has 0 aromatic carbocycles. The molecule has 0 spiro atoms. The van der Waals surface area contributed by atoms with E-state index in [1.807, 2.05) is 6.92 Å². The van der Waals surface area contributed by atoms with Crippen LogP contribution >= 0.6 is 23.2 Å². The van der Waals surface area contributed by atoms with Crippen molar-refractivity contribution in [2.24, 2.45) is 17.8 Å². The summed E-state index contributed by atoms with van der Waals surface area (Å²) in [6, 6.07) is 0. The predicted octanol–water partition coefficient (Wildman–Crippen LogP) is 2.41. The molecule has 2 aliphatic carbocycles. The molecule has 4 unspecified atom stereocenters. The van der Waals surface area contributed by atoms with Crippen LogP contribution in [-0.4, -0.2) is 25.7 Å². The maximum Gasteiger partial charge on any atom is 0.309 e. The van der Waals surface area contributed by atoms with Gasteiger partial charge in [0.2, 0.25) is 0 Å². The molecule has 4 atom stereocenters. The first kappa shape index (κ1) is 13.4. The molecule has 0 aliphatic heterocycles. The van der Waals surface area contributed by atoms with E-state index in [1.54, 1.807) is 0 Å². The van der Waals surface area contributed by atoms with Crippen LogP contribution in [0.5, 0.6) is 0 Å². The number of carbonyl (C=O) groups excluding carboxylic acids is 1. The van der Waals surface area contributed by atoms with Crippen molar-refractivity contribution in [3.63, 3.8) is 0 Å². The molecule has 17 heavy (non-hydrogen) atoms. The summed E-state index contributed by atoms with van der Waals surface area (Å²) in [4.78, 5) is 12.1. The van der Waals surface area contributed by atoms with Crippen LogP contribution in [0.1, 0.15) is 26.2 Å². The maximum atomic E-state index is 12.1. The largest absolute Gasteiger partial charge is 0.467 e. The van der Waals surface area contributed by atoms with Crippen molar-refractivity contribution in [1.29, 1.82) is 0 Å². The monoisotopic (exact) mass is 292 g/mol. The van der Waals surface area contributed by atoms with Gasteiger partial charge in [-0.15, -0.1) is 23.2 Å². The summed E-state index contributed by atoms with van der Waals surface area (Å²) in [6.07, 6.45) is 7.31. The normalized spacial score (nSPS) is 32.8. The molecule has 0 heterocycles. The van der Waals surface area contributed by atoms with E-state index >= 15 is 0 Å². The number of hydrogen-bond donors (Lipinski definition) is 0. The average Bonchev–Trinajstić information content (AvgIpc) is 2.88. The van der Waals surface area contributed by atoms with Crippen LogP contribution in [0.2, 0.25) is 0 Å². The molecular formula is C12H18Cl2O2Si. The fraction of sp³-hybridized carbons (Fsp3) is 0.750. The smallest absolute Gasteiger partial charge is 0.309 e. The highest BCUT2D eigenvalue weighted by atomic mass is 35.5. The molecule has 0 amide bonds. The highest BCUT2D eigenvalue weighted by molar-refractivity contribution is 6.69. The Labute approximate surface area is 115 Å². The maximum absolute atomic E-state index is 12.1. The zero-order valence-electron chi connectivity index (χ0n) is 9.94. The highest BCUT2D eigenvalue weighted by Gasteiger charge is 2.41. The SMILES string of the molecule is CCC(OC(=O)C1CC2C=CC1C2)[SiH2]C(Cl)Cl. The summed E-state index contributed by atoms with van der Waals surface area (Å²) in [7, 11) is -0.752. The third-order valence-electron chi connectivity index (χ3n) is 3.76. The van der Waals surface area contributed by atoms with Gasteiger partial charge >= 0.3 is 5.97 Å². The van der Waals surface area contributed by atoms with Crippen LogP contribution in [0.25, 0.3) is 0 Å². The summed E-state index contributed by atoms with van der Waals surface area (Å²) in [6.45, 7) is 2.02. The molecule has 0 aromatic heterocycles. The van der Waals surface area contributed by atoms with Crippen LogP contribution < -0.4 is 0 Å². The van der Waals surface area contributed by atoms with Crippen molar-refractivity contribution in [2.75, 3.05) is 0 Å². The van der Waals surface area contributed by atoms with Crippen molar-refractivity contribution in [2.45, 2.75) is 36.4 Å². The zero-order chi connectivity index (χ0) is 12.4. The molecular weight excluding hydrogens is 275 g/mol. The molecule has 0 saturated heterocycles. The molecule has 1 fully saturated rings. The molecule has 0 aromatic rings. The first-order valence-corrected chi connectivity index (χ1v) is 8.77. The molecule has 2 bridgehead atoms. The average molecular weight is 293 g/mol. The predicted molar refractivity (Wildman–Crippen MR) is 73.1 cm³/mol. The first-order chi connectivity index (χ1) is 8.10. The fourth-order valence-corrected chi connectivity index (χ4v) is 4.98. The van der Waals surface area contributed by atoms with Crippen molar-refractivity contribution in [3.8, 4) is 0 Å². The minimum absolute atomic E-state index is 0.00870. The number of hydrogen-bond acceptors (Lipinski definition) is 2. The lowest BCUT2D eigenvalue weighted by Gasteiger charge is -2.22. The summed E-state index contributed by atoms with van der Waals surface area (Å²) in [5.41, 5.74) is -0.00870. The minimum atomic E-state index is -0.752. The second-order valence-corrected chi connectivity index (χ2v) is 9.49. The van der Waals surface area contributed by atoms with Crippen molar-refractivity contribution in [3.05, 3.63) is 12.2 Å². The molecule has 0 N–H and O–H groups in total. The number of halogens is 2. The van der Waals surface area contributed by atoms with Gasteiger partial charge in [0, 0.05) is 0 Å². The van der Waals surface area contributed by atoms with Crippen LogP contribution in [0, 0.1) is 17.8 Å². The number of rotatable bonds is 5. The zero-order valence-corrected chi connectivity index (χ0v) is 12.9. The Kier molecular flexibility index (Phi) is 4.56. The van der Waals surface area contributed by atoms with Crippen molar-refractivity contribution < 1.29 is 9.53 Å². The van der Waals surface area contributed by atoms with E-state index in [-0.39, 0.29) is 22.1 Å². The van der Waals surface area contributed by atoms with Gasteiger partial charge < -0.3 is 4.74 Å². The van der Waals surface area contributed by atoms with E-state index in [0.717, 1.165) is 19.3 Å². The summed E-state index contributed by atoms with van der Waals surface area (Å²) < 4.78 is 5.24. The lowest BCUT2D eigenvalue weighted by Crippen LogP contribution is -2.32. The van der Waals surface area contributed by atoms with Gasteiger partial charge in [-0.25, -0.2) is 0 Å². The fourth-order valence-electron chi connectivity index (χ4n) is 2.80. The van der Waals surface area contributed by atoms with Crippen molar-refractivity contribution >= 4 is 38.7 Å². The van der Waals surface area contributed by atoms with Gasteiger partial charge in [0.25, 0.3) is 0 Å². The second-order valence-electron chi connectivity index (χ2n) is 4.98. The van der Waals surface area contributed by atoms with Gasteiger partial charge in [-0.3, -0.25) is 4.79 Å². The Balaban J connectivity index is 1.86. The van der Waals surface area contributed by atoms with Gasteiger partial charge in [-0.05, 0) is 31.1 Å². The Hall–Kier alpha value is 0.00688. The minimum Gasteiger partial charge on any atom is -0.467 e. The molecule has 96 valence electrons. The van der Waals surface area contributed by atoms with Crippen LogP contribution in [-0.2, 0) is 9.53 Å². The van der Waals surface area contributed by atoms with E-state index in [2.05, 4.69) is 12.2 Å². The Morgan fingerprint density at radius 2 is 2.24 bits per heavy atom. The summed E-state index contributed by atoms with van der Waals surface area (Å²) in [5, 5.41) is 0. The molecule has 2 rings (SSSR count). The van der Waals surface area contributed by atoms with Crippen LogP contribution in [0.3, 0.4) is 0 Å². The lowest BCUT2D eigenvalue weighted by atomic mass is 9.94. The molecule has 1 saturated carbocycles. The third kappa shape index (κ3) is 3.27. The second kappa shape index (κ2) is 5.76. The van der Waals surface area contributed by atoms with Crippen molar-refractivity contribution in [1.82, 2.24) is 0 Å². The molecule has 2 aliphatic rings. The van der Waals surface area contributed by atoms with E-state index in [1.165, 1.54) is 0 Å². The lowest BCUT2D eigenvalue weighted by molar-refractivity contribution is -0.151. The van der Waals surface area contributed by atoms with Gasteiger partial charge in [-0.2, -0.15) is 0 Å². The number of allylic oxidation sites excluding steroid dienone is 2. The third-order valence-corrected chi connectivity index (χ3v) is 6.46. The van der Waals surface area contributed by atoms with Crippen LogP contribution in [0.15, 0.2) is 12.2 Å². The van der Waals surface area contributed by atoms with E-state index in [4.69, 9.17) is 27.9 Å². The quantitative estimate of drug-likeness (QED) is 0.337. The van der Waals surface area contributed by atoms with Gasteiger partial charge in [0.1, 0.15) is 9.52 Å². The Morgan fingerprint density at radius 3 is 2.71 bits per heavy atom. The molecule has 2 nitrogen and oxygen atoms in total. The van der Waals surface area contributed by atoms with E-state index in [0.29, 0.717) is 11.8 Å². The Bertz CT molecular complexity index is 320. The van der Waals surface area contributed by atoms with E-state index in [9.17, 15) is 4.79 Å².